The Morgan fingerprint density at radius 3 is 2.44 bits per heavy atom. The van der Waals surface area contributed by atoms with E-state index in [2.05, 4.69) is 67.8 Å². The van der Waals surface area contributed by atoms with E-state index >= 15 is 0 Å². The van der Waals surface area contributed by atoms with Gasteiger partial charge in [0.25, 0.3) is 10.1 Å². The molecule has 0 saturated heterocycles. The van der Waals surface area contributed by atoms with Crippen LogP contribution >= 0.6 is 67.8 Å². The third-order valence-corrected chi connectivity index (χ3v) is 7.97. The van der Waals surface area contributed by atoms with E-state index in [1.54, 1.807) is 0 Å². The monoisotopic (exact) mass is 608 g/mol. The molecule has 1 N–H and O–H groups in total. The van der Waals surface area contributed by atoms with Crippen LogP contribution in [0.3, 0.4) is 0 Å². The van der Waals surface area contributed by atoms with Gasteiger partial charge in [0.15, 0.2) is 0 Å². The van der Waals surface area contributed by atoms with Crippen molar-refractivity contribution in [3.05, 3.63) is 22.3 Å². The lowest BCUT2D eigenvalue weighted by Crippen LogP contribution is -2.10. The van der Waals surface area contributed by atoms with Crippen molar-refractivity contribution < 1.29 is 17.7 Å². The van der Waals surface area contributed by atoms with Gasteiger partial charge in [-0.1, -0.05) is 0 Å². The average molecular weight is 608 g/mol. The molecule has 0 unspecified atom stereocenters. The molecule has 0 heterocycles. The first-order chi connectivity index (χ1) is 8.22. The minimum Gasteiger partial charge on any atom is -0.492 e. The van der Waals surface area contributed by atoms with E-state index in [0.29, 0.717) is 0 Å². The smallest absolute Gasteiger partial charge is 0.264 e. The standard InChI is InChI=1S/C10H11I3O4S/c1-6-5-7(11)8(12)9(13)10(6)17-3-2-4-18(14,15)16/h5H,2-4H2,1H3,(H,14,15,16). The van der Waals surface area contributed by atoms with Crippen LogP contribution in [0.1, 0.15) is 12.0 Å². The number of benzene rings is 1. The second-order valence-electron chi connectivity index (χ2n) is 3.62. The Hall–Kier alpha value is 1.12. The Morgan fingerprint density at radius 2 is 1.89 bits per heavy atom. The fourth-order valence-electron chi connectivity index (χ4n) is 1.29. The summed E-state index contributed by atoms with van der Waals surface area (Å²) in [4.78, 5) is 0. The quantitative estimate of drug-likeness (QED) is 0.241. The van der Waals surface area contributed by atoms with Crippen molar-refractivity contribution in [2.45, 2.75) is 13.3 Å². The molecular formula is C10H11I3O4S. The third kappa shape index (κ3) is 5.25. The van der Waals surface area contributed by atoms with Crippen LogP contribution in [0.15, 0.2) is 6.07 Å². The number of aryl methyl sites for hydroxylation is 1. The van der Waals surface area contributed by atoms with E-state index in [4.69, 9.17) is 9.29 Å². The lowest BCUT2D eigenvalue weighted by Gasteiger charge is -2.13. The van der Waals surface area contributed by atoms with Crippen molar-refractivity contribution >= 4 is 77.9 Å². The molecule has 1 aromatic carbocycles. The molecule has 0 aliphatic carbocycles. The van der Waals surface area contributed by atoms with Gasteiger partial charge in [-0.3, -0.25) is 4.55 Å². The maximum atomic E-state index is 10.6. The fraction of sp³-hybridized carbons (Fsp3) is 0.400. The molecule has 1 aromatic rings. The van der Waals surface area contributed by atoms with Gasteiger partial charge >= 0.3 is 0 Å². The molecule has 8 heteroatoms. The van der Waals surface area contributed by atoms with Crippen molar-refractivity contribution in [1.82, 2.24) is 0 Å². The van der Waals surface area contributed by atoms with Crippen molar-refractivity contribution in [3.63, 3.8) is 0 Å². The van der Waals surface area contributed by atoms with Gasteiger partial charge in [0.05, 0.1) is 15.9 Å². The number of hydrogen-bond donors (Lipinski definition) is 1. The van der Waals surface area contributed by atoms with Gasteiger partial charge in [0.2, 0.25) is 0 Å². The molecule has 0 amide bonds. The van der Waals surface area contributed by atoms with Crippen LogP contribution in [0.4, 0.5) is 0 Å². The lowest BCUT2D eigenvalue weighted by atomic mass is 10.2. The van der Waals surface area contributed by atoms with Crippen LogP contribution < -0.4 is 4.74 Å². The highest BCUT2D eigenvalue weighted by atomic mass is 127. The lowest BCUT2D eigenvalue weighted by molar-refractivity contribution is 0.311. The SMILES string of the molecule is Cc1cc(I)c(I)c(I)c1OCCCS(=O)(=O)O. The largest absolute Gasteiger partial charge is 0.492 e. The maximum absolute atomic E-state index is 10.6. The zero-order valence-electron chi connectivity index (χ0n) is 9.41. The Morgan fingerprint density at radius 1 is 1.28 bits per heavy atom. The second kappa shape index (κ2) is 7.22. The van der Waals surface area contributed by atoms with Gasteiger partial charge < -0.3 is 4.74 Å². The van der Waals surface area contributed by atoms with Crippen molar-refractivity contribution in [2.24, 2.45) is 0 Å². The van der Waals surface area contributed by atoms with Crippen LogP contribution in [0.25, 0.3) is 0 Å². The molecule has 0 fully saturated rings. The fourth-order valence-corrected chi connectivity index (χ4v) is 4.30. The Kier molecular flexibility index (Phi) is 6.89. The highest BCUT2D eigenvalue weighted by Gasteiger charge is 2.13. The second-order valence-corrected chi connectivity index (χ2v) is 8.51. The topological polar surface area (TPSA) is 63.6 Å². The first-order valence-corrected chi connectivity index (χ1v) is 9.79. The van der Waals surface area contributed by atoms with E-state index in [0.717, 1.165) is 18.5 Å². The van der Waals surface area contributed by atoms with Crippen LogP contribution in [-0.2, 0) is 10.1 Å². The summed E-state index contributed by atoms with van der Waals surface area (Å²) in [6, 6.07) is 2.03. The molecule has 0 aromatic heterocycles. The zero-order chi connectivity index (χ0) is 13.9. The molecule has 102 valence electrons. The number of rotatable bonds is 5. The normalized spacial score (nSPS) is 11.6. The molecule has 4 nitrogen and oxygen atoms in total. The number of halogens is 3. The molecular weight excluding hydrogens is 597 g/mol. The van der Waals surface area contributed by atoms with E-state index in [9.17, 15) is 8.42 Å². The summed E-state index contributed by atoms with van der Waals surface area (Å²) >= 11 is 6.74. The molecule has 0 spiro atoms. The van der Waals surface area contributed by atoms with Crippen LogP contribution in [0, 0.1) is 17.6 Å². The van der Waals surface area contributed by atoms with E-state index < -0.39 is 10.1 Å². The molecule has 0 atom stereocenters. The first-order valence-electron chi connectivity index (χ1n) is 4.94. The maximum Gasteiger partial charge on any atom is 0.264 e. The molecule has 0 saturated carbocycles. The first kappa shape index (κ1) is 17.2. The zero-order valence-corrected chi connectivity index (χ0v) is 16.7. The molecule has 18 heavy (non-hydrogen) atoms. The Balaban J connectivity index is 2.71. The van der Waals surface area contributed by atoms with Gasteiger partial charge in [0, 0.05) is 7.14 Å². The van der Waals surface area contributed by atoms with Crippen LogP contribution in [-0.4, -0.2) is 25.3 Å². The Bertz CT molecular complexity index is 543. The number of ether oxygens (including phenoxy) is 1. The highest BCUT2D eigenvalue weighted by molar-refractivity contribution is 14.1. The summed E-state index contributed by atoms with van der Waals surface area (Å²) in [5.41, 5.74) is 1.02. The minimum absolute atomic E-state index is 0.271. The van der Waals surface area contributed by atoms with E-state index in [1.807, 2.05) is 13.0 Å². The summed E-state index contributed by atoms with van der Waals surface area (Å²) in [6.07, 6.45) is 0.275. The van der Waals surface area contributed by atoms with Gasteiger partial charge in [-0.05, 0) is 92.7 Å². The van der Waals surface area contributed by atoms with Crippen molar-refractivity contribution in [1.29, 1.82) is 0 Å². The predicted molar refractivity (Wildman–Crippen MR) is 95.9 cm³/mol. The summed E-state index contributed by atoms with van der Waals surface area (Å²) in [5, 5.41) is 0. The van der Waals surface area contributed by atoms with Gasteiger partial charge in [-0.25, -0.2) is 0 Å². The molecule has 0 aliphatic heterocycles. The summed E-state index contributed by atoms with van der Waals surface area (Å²) in [5.74, 6) is 0.514. The van der Waals surface area contributed by atoms with Crippen LogP contribution in [0.2, 0.25) is 0 Å². The van der Waals surface area contributed by atoms with Gasteiger partial charge in [-0.2, -0.15) is 8.42 Å². The van der Waals surface area contributed by atoms with Gasteiger partial charge in [-0.15, -0.1) is 0 Å². The van der Waals surface area contributed by atoms with Crippen molar-refractivity contribution in [3.8, 4) is 5.75 Å². The number of hydrogen-bond acceptors (Lipinski definition) is 3. The minimum atomic E-state index is -3.90. The predicted octanol–water partition coefficient (Wildman–Crippen LogP) is 3.47. The molecule has 0 bridgehead atoms. The summed E-state index contributed by atoms with van der Waals surface area (Å²) in [6.45, 7) is 2.23. The van der Waals surface area contributed by atoms with E-state index in [1.165, 1.54) is 3.57 Å². The summed E-state index contributed by atoms with van der Waals surface area (Å²) < 4.78 is 38.7. The third-order valence-electron chi connectivity index (χ3n) is 2.10. The van der Waals surface area contributed by atoms with Crippen molar-refractivity contribution in [2.75, 3.05) is 12.4 Å². The molecule has 1 rings (SSSR count). The Labute approximate surface area is 147 Å². The van der Waals surface area contributed by atoms with E-state index in [-0.39, 0.29) is 18.8 Å². The van der Waals surface area contributed by atoms with Crippen LogP contribution in [0.5, 0.6) is 5.75 Å². The molecule has 0 aliphatic rings. The average Bonchev–Trinajstić information content (AvgIpc) is 2.23. The summed E-state index contributed by atoms with van der Waals surface area (Å²) in [7, 11) is -3.90. The van der Waals surface area contributed by atoms with Gasteiger partial charge in [0.1, 0.15) is 5.75 Å². The highest BCUT2D eigenvalue weighted by Crippen LogP contribution is 2.33. The molecule has 0 radical (unpaired) electrons.